The fourth-order valence-electron chi connectivity index (χ4n) is 1.72. The van der Waals surface area contributed by atoms with Gasteiger partial charge in [0.15, 0.2) is 0 Å². The topological polar surface area (TPSA) is 75.4 Å². The summed E-state index contributed by atoms with van der Waals surface area (Å²) in [5, 5.41) is 2.51. The van der Waals surface area contributed by atoms with Gasteiger partial charge in [-0.3, -0.25) is 9.59 Å². The van der Waals surface area contributed by atoms with Crippen molar-refractivity contribution < 1.29 is 14.0 Å². The molecule has 0 aromatic heterocycles. The van der Waals surface area contributed by atoms with Crippen molar-refractivity contribution in [2.24, 2.45) is 11.7 Å². The van der Waals surface area contributed by atoms with Gasteiger partial charge >= 0.3 is 0 Å². The molecule has 1 atom stereocenters. The summed E-state index contributed by atoms with van der Waals surface area (Å²) < 4.78 is 13.1. The maximum absolute atomic E-state index is 13.1. The Morgan fingerprint density at radius 3 is 2.62 bits per heavy atom. The number of hydrogen-bond acceptors (Lipinski definition) is 3. The summed E-state index contributed by atoms with van der Waals surface area (Å²) in [5.74, 6) is -0.948. The van der Waals surface area contributed by atoms with Gasteiger partial charge in [-0.25, -0.2) is 4.39 Å². The first-order valence-electron chi connectivity index (χ1n) is 6.83. The maximum Gasteiger partial charge on any atom is 0.242 e. The Kier molecular flexibility index (Phi) is 6.30. The molecule has 0 spiro atoms. The Labute approximate surface area is 124 Å². The molecule has 1 aromatic rings. The lowest BCUT2D eigenvalue weighted by Crippen LogP contribution is -2.47. The van der Waals surface area contributed by atoms with E-state index in [9.17, 15) is 14.0 Å². The third-order valence-electron chi connectivity index (χ3n) is 3.17. The fourth-order valence-corrected chi connectivity index (χ4v) is 1.72. The van der Waals surface area contributed by atoms with Crippen LogP contribution in [0.25, 0.3) is 0 Å². The molecule has 0 heterocycles. The van der Waals surface area contributed by atoms with E-state index in [-0.39, 0.29) is 36.6 Å². The SMILES string of the molecule is CC(C)[C@H](N)C(=O)NCC(=O)N(C)Cc1cccc(F)c1. The minimum absolute atomic E-state index is 0.00475. The average molecular weight is 295 g/mol. The molecular weight excluding hydrogens is 273 g/mol. The number of hydrogen-bond donors (Lipinski definition) is 2. The van der Waals surface area contributed by atoms with Gasteiger partial charge in [-0.2, -0.15) is 0 Å². The van der Waals surface area contributed by atoms with Crippen LogP contribution in [0.5, 0.6) is 0 Å². The highest BCUT2D eigenvalue weighted by Gasteiger charge is 2.18. The molecule has 3 N–H and O–H groups in total. The summed E-state index contributed by atoms with van der Waals surface area (Å²) in [7, 11) is 1.60. The second-order valence-corrected chi connectivity index (χ2v) is 5.37. The van der Waals surface area contributed by atoms with E-state index in [1.165, 1.54) is 17.0 Å². The summed E-state index contributed by atoms with van der Waals surface area (Å²) in [6, 6.07) is 5.41. The Bertz CT molecular complexity index is 505. The summed E-state index contributed by atoms with van der Waals surface area (Å²) in [4.78, 5) is 25.0. The molecule has 21 heavy (non-hydrogen) atoms. The third kappa shape index (κ3) is 5.51. The van der Waals surface area contributed by atoms with Crippen LogP contribution in [0, 0.1) is 11.7 Å². The van der Waals surface area contributed by atoms with Crippen molar-refractivity contribution in [3.05, 3.63) is 35.6 Å². The van der Waals surface area contributed by atoms with Crippen molar-refractivity contribution in [1.82, 2.24) is 10.2 Å². The molecule has 0 saturated heterocycles. The van der Waals surface area contributed by atoms with Crippen LogP contribution >= 0.6 is 0 Å². The molecule has 116 valence electrons. The smallest absolute Gasteiger partial charge is 0.242 e. The molecule has 0 fully saturated rings. The zero-order chi connectivity index (χ0) is 16.0. The maximum atomic E-state index is 13.1. The number of likely N-dealkylation sites (N-methyl/N-ethyl adjacent to an activating group) is 1. The summed E-state index contributed by atoms with van der Waals surface area (Å²) in [5.41, 5.74) is 6.37. The zero-order valence-electron chi connectivity index (χ0n) is 12.6. The van der Waals surface area contributed by atoms with Crippen LogP contribution in [0.4, 0.5) is 4.39 Å². The highest BCUT2D eigenvalue weighted by Crippen LogP contribution is 2.06. The Hall–Kier alpha value is -1.95. The Morgan fingerprint density at radius 1 is 1.38 bits per heavy atom. The molecule has 5 nitrogen and oxygen atoms in total. The van der Waals surface area contributed by atoms with Gasteiger partial charge < -0.3 is 16.0 Å². The van der Waals surface area contributed by atoms with E-state index in [2.05, 4.69) is 5.32 Å². The lowest BCUT2D eigenvalue weighted by atomic mass is 10.1. The number of nitrogens with one attached hydrogen (secondary N) is 1. The van der Waals surface area contributed by atoms with E-state index < -0.39 is 6.04 Å². The monoisotopic (exact) mass is 295 g/mol. The van der Waals surface area contributed by atoms with Crippen molar-refractivity contribution in [2.45, 2.75) is 26.4 Å². The lowest BCUT2D eigenvalue weighted by molar-refractivity contribution is -0.132. The standard InChI is InChI=1S/C15H22FN3O2/c1-10(2)14(17)15(21)18-8-13(20)19(3)9-11-5-4-6-12(16)7-11/h4-7,10,14H,8-9,17H2,1-3H3,(H,18,21)/t14-/m0/s1. The minimum Gasteiger partial charge on any atom is -0.346 e. The van der Waals surface area contributed by atoms with Crippen LogP contribution in [-0.2, 0) is 16.1 Å². The van der Waals surface area contributed by atoms with Crippen LogP contribution in [0.3, 0.4) is 0 Å². The van der Waals surface area contributed by atoms with E-state index in [1.807, 2.05) is 13.8 Å². The minimum atomic E-state index is -0.633. The van der Waals surface area contributed by atoms with Crippen molar-refractivity contribution in [2.75, 3.05) is 13.6 Å². The van der Waals surface area contributed by atoms with Gasteiger partial charge in [0.25, 0.3) is 0 Å². The molecule has 6 heteroatoms. The number of rotatable bonds is 6. The highest BCUT2D eigenvalue weighted by molar-refractivity contribution is 5.87. The number of carbonyl (C=O) groups is 2. The number of halogens is 1. The second kappa shape index (κ2) is 7.73. The molecule has 0 aliphatic heterocycles. The van der Waals surface area contributed by atoms with Gasteiger partial charge in [0.1, 0.15) is 5.82 Å². The largest absolute Gasteiger partial charge is 0.346 e. The molecule has 0 bridgehead atoms. The van der Waals surface area contributed by atoms with Gasteiger partial charge in [-0.1, -0.05) is 26.0 Å². The molecule has 0 aliphatic rings. The highest BCUT2D eigenvalue weighted by atomic mass is 19.1. The molecular formula is C15H22FN3O2. The molecule has 0 saturated carbocycles. The van der Waals surface area contributed by atoms with E-state index in [0.29, 0.717) is 5.56 Å². The second-order valence-electron chi connectivity index (χ2n) is 5.37. The molecule has 0 radical (unpaired) electrons. The summed E-state index contributed by atoms with van der Waals surface area (Å²) in [6.45, 7) is 3.83. The normalized spacial score (nSPS) is 12.1. The van der Waals surface area contributed by atoms with Gasteiger partial charge in [-0.15, -0.1) is 0 Å². The lowest BCUT2D eigenvalue weighted by Gasteiger charge is -2.19. The van der Waals surface area contributed by atoms with Gasteiger partial charge in [0.05, 0.1) is 12.6 Å². The van der Waals surface area contributed by atoms with Crippen LogP contribution < -0.4 is 11.1 Å². The van der Waals surface area contributed by atoms with Crippen molar-refractivity contribution >= 4 is 11.8 Å². The van der Waals surface area contributed by atoms with E-state index in [4.69, 9.17) is 5.73 Å². The number of amides is 2. The Morgan fingerprint density at radius 2 is 2.05 bits per heavy atom. The first kappa shape index (κ1) is 17.1. The predicted molar refractivity (Wildman–Crippen MR) is 78.7 cm³/mol. The molecule has 0 unspecified atom stereocenters. The van der Waals surface area contributed by atoms with Crippen LogP contribution in [-0.4, -0.2) is 36.3 Å². The van der Waals surface area contributed by atoms with E-state index in [0.717, 1.165) is 0 Å². The van der Waals surface area contributed by atoms with Crippen LogP contribution in [0.2, 0.25) is 0 Å². The van der Waals surface area contributed by atoms with Crippen LogP contribution in [0.15, 0.2) is 24.3 Å². The van der Waals surface area contributed by atoms with Gasteiger partial charge in [0, 0.05) is 13.6 Å². The van der Waals surface area contributed by atoms with Crippen molar-refractivity contribution in [1.29, 1.82) is 0 Å². The van der Waals surface area contributed by atoms with Crippen molar-refractivity contribution in [3.63, 3.8) is 0 Å². The van der Waals surface area contributed by atoms with E-state index in [1.54, 1.807) is 19.2 Å². The van der Waals surface area contributed by atoms with Gasteiger partial charge in [-0.05, 0) is 23.6 Å². The molecule has 2 amide bonds. The number of nitrogens with zero attached hydrogens (tertiary/aromatic N) is 1. The fraction of sp³-hybridized carbons (Fsp3) is 0.467. The molecule has 0 aliphatic carbocycles. The zero-order valence-corrected chi connectivity index (χ0v) is 12.6. The van der Waals surface area contributed by atoms with Crippen LogP contribution in [0.1, 0.15) is 19.4 Å². The van der Waals surface area contributed by atoms with Gasteiger partial charge in [0.2, 0.25) is 11.8 Å². The average Bonchev–Trinajstić information content (AvgIpc) is 2.43. The summed E-state index contributed by atoms with van der Waals surface area (Å²) >= 11 is 0. The number of benzene rings is 1. The number of nitrogens with two attached hydrogens (primary N) is 1. The first-order valence-corrected chi connectivity index (χ1v) is 6.83. The number of carbonyl (C=O) groups excluding carboxylic acids is 2. The Balaban J connectivity index is 2.46. The van der Waals surface area contributed by atoms with Crippen molar-refractivity contribution in [3.8, 4) is 0 Å². The molecule has 1 rings (SSSR count). The predicted octanol–water partition coefficient (Wildman–Crippen LogP) is 0.884. The first-order chi connectivity index (χ1) is 9.81. The summed E-state index contributed by atoms with van der Waals surface area (Å²) in [6.07, 6.45) is 0. The van der Waals surface area contributed by atoms with E-state index >= 15 is 0 Å². The quantitative estimate of drug-likeness (QED) is 0.818. The molecule has 1 aromatic carbocycles. The third-order valence-corrected chi connectivity index (χ3v) is 3.17.